The lowest BCUT2D eigenvalue weighted by molar-refractivity contribution is -0.117. The quantitative estimate of drug-likeness (QED) is 0.736. The van der Waals surface area contributed by atoms with E-state index in [-0.39, 0.29) is 16.9 Å². The number of carbonyl (C=O) groups excluding carboxylic acids is 1. The molecular weight excluding hydrogens is 280 g/mol. The molecule has 6 nitrogen and oxygen atoms in total. The Kier molecular flexibility index (Phi) is 6.44. The molecule has 0 saturated carbocycles. The first kappa shape index (κ1) is 16.4. The largest absolute Gasteiger partial charge is 0.488 e. The molecule has 2 atom stereocenters. The van der Waals surface area contributed by atoms with Crippen LogP contribution in [-0.4, -0.2) is 27.0 Å². The van der Waals surface area contributed by atoms with Crippen LogP contribution in [0.3, 0.4) is 0 Å². The number of nitrogens with two attached hydrogens (primary N) is 1. The van der Waals surface area contributed by atoms with Gasteiger partial charge in [-0.05, 0) is 12.8 Å². The molecule has 3 N–H and O–H groups in total. The molecule has 1 aromatic heterocycles. The third-order valence-electron chi connectivity index (χ3n) is 2.70. The van der Waals surface area contributed by atoms with Gasteiger partial charge < -0.3 is 15.5 Å². The maximum Gasteiger partial charge on any atom is 0.233 e. The highest BCUT2D eigenvalue weighted by Gasteiger charge is 2.21. The minimum Gasteiger partial charge on any atom is -0.488 e. The number of primary amides is 1. The smallest absolute Gasteiger partial charge is 0.233 e. The van der Waals surface area contributed by atoms with Crippen molar-refractivity contribution in [3.8, 4) is 5.75 Å². The van der Waals surface area contributed by atoms with Crippen molar-refractivity contribution in [3.05, 3.63) is 28.2 Å². The number of nitrogens with one attached hydrogen (secondary N) is 1. The van der Waals surface area contributed by atoms with Crippen molar-refractivity contribution in [3.63, 3.8) is 0 Å². The lowest BCUT2D eigenvalue weighted by Gasteiger charge is -2.11. The van der Waals surface area contributed by atoms with Crippen molar-refractivity contribution in [1.29, 1.82) is 0 Å². The monoisotopic (exact) mass is 300 g/mol. The van der Waals surface area contributed by atoms with Crippen LogP contribution in [-0.2, 0) is 21.3 Å². The second-order valence-corrected chi connectivity index (χ2v) is 5.98. The standard InChI is InChI=1S/C13H20N2O4S/c1-3-5-19-11-7-15-9(6-10(11)16)8-20(18)12(4-2)13(14)17/h6-7,12H,3-5,8H2,1-2H3,(H2,14,17)(H,15,16). The van der Waals surface area contributed by atoms with E-state index in [1.54, 1.807) is 6.92 Å². The number of ether oxygens (including phenoxy) is 1. The number of rotatable bonds is 8. The van der Waals surface area contributed by atoms with Crippen LogP contribution >= 0.6 is 0 Å². The highest BCUT2D eigenvalue weighted by molar-refractivity contribution is 7.85. The van der Waals surface area contributed by atoms with Crippen molar-refractivity contribution >= 4 is 16.7 Å². The molecule has 2 unspecified atom stereocenters. The summed E-state index contributed by atoms with van der Waals surface area (Å²) in [6.07, 6.45) is 2.67. The SMILES string of the molecule is CCCOc1c[nH]c(CS(=O)C(CC)C(N)=O)cc1=O. The predicted octanol–water partition coefficient (Wildman–Crippen LogP) is 0.676. The second kappa shape index (κ2) is 7.84. The molecule has 20 heavy (non-hydrogen) atoms. The Bertz CT molecular complexity index is 541. The normalized spacial score (nSPS) is 13.7. The highest BCUT2D eigenvalue weighted by atomic mass is 32.2. The summed E-state index contributed by atoms with van der Waals surface area (Å²) in [6, 6.07) is 1.34. The van der Waals surface area contributed by atoms with Crippen molar-refractivity contribution in [2.24, 2.45) is 5.73 Å². The highest BCUT2D eigenvalue weighted by Crippen LogP contribution is 2.09. The van der Waals surface area contributed by atoms with E-state index in [0.717, 1.165) is 6.42 Å². The molecule has 1 amide bonds. The average Bonchev–Trinajstić information content (AvgIpc) is 2.38. The molecule has 0 aromatic carbocycles. The first-order chi connectivity index (χ1) is 9.49. The van der Waals surface area contributed by atoms with Crippen LogP contribution in [0.4, 0.5) is 0 Å². The van der Waals surface area contributed by atoms with Crippen LogP contribution in [0, 0.1) is 0 Å². The van der Waals surface area contributed by atoms with E-state index >= 15 is 0 Å². The zero-order chi connectivity index (χ0) is 15.1. The van der Waals surface area contributed by atoms with Gasteiger partial charge in [0.1, 0.15) is 5.25 Å². The number of amides is 1. The Balaban J connectivity index is 2.79. The van der Waals surface area contributed by atoms with Crippen LogP contribution in [0.1, 0.15) is 32.4 Å². The summed E-state index contributed by atoms with van der Waals surface area (Å²) in [6.45, 7) is 4.16. The molecule has 1 aromatic rings. The van der Waals surface area contributed by atoms with E-state index in [4.69, 9.17) is 10.5 Å². The van der Waals surface area contributed by atoms with Crippen LogP contribution < -0.4 is 15.9 Å². The molecule has 0 bridgehead atoms. The molecule has 0 saturated heterocycles. The topological polar surface area (TPSA) is 102 Å². The maximum atomic E-state index is 12.0. The number of aromatic amines is 1. The summed E-state index contributed by atoms with van der Waals surface area (Å²) >= 11 is 0. The van der Waals surface area contributed by atoms with Crippen molar-refractivity contribution in [2.45, 2.75) is 37.7 Å². The summed E-state index contributed by atoms with van der Waals surface area (Å²) in [5, 5.41) is -0.700. The van der Waals surface area contributed by atoms with E-state index in [9.17, 15) is 13.8 Å². The zero-order valence-corrected chi connectivity index (χ0v) is 12.5. The van der Waals surface area contributed by atoms with Crippen LogP contribution in [0.2, 0.25) is 0 Å². The van der Waals surface area contributed by atoms with Gasteiger partial charge >= 0.3 is 0 Å². The number of carbonyl (C=O) groups is 1. The third-order valence-corrected chi connectivity index (χ3v) is 4.50. The van der Waals surface area contributed by atoms with E-state index in [1.807, 2.05) is 6.92 Å². The summed E-state index contributed by atoms with van der Waals surface area (Å²) in [5.74, 6) is -0.260. The first-order valence-electron chi connectivity index (χ1n) is 6.50. The van der Waals surface area contributed by atoms with Crippen molar-refractivity contribution < 1.29 is 13.7 Å². The summed E-state index contributed by atoms with van der Waals surface area (Å²) in [4.78, 5) is 25.8. The average molecular weight is 300 g/mol. The predicted molar refractivity (Wildman–Crippen MR) is 78.0 cm³/mol. The number of aromatic nitrogens is 1. The lowest BCUT2D eigenvalue weighted by Crippen LogP contribution is -2.32. The van der Waals surface area contributed by atoms with Gasteiger partial charge in [-0.2, -0.15) is 0 Å². The second-order valence-electron chi connectivity index (χ2n) is 4.36. The van der Waals surface area contributed by atoms with Gasteiger partial charge in [-0.1, -0.05) is 13.8 Å². The van der Waals surface area contributed by atoms with Crippen molar-refractivity contribution in [1.82, 2.24) is 4.98 Å². The molecule has 7 heteroatoms. The van der Waals surface area contributed by atoms with Gasteiger partial charge in [0.05, 0.1) is 12.4 Å². The third kappa shape index (κ3) is 4.48. The van der Waals surface area contributed by atoms with Gasteiger partial charge in [-0.15, -0.1) is 0 Å². The fourth-order valence-electron chi connectivity index (χ4n) is 1.68. The van der Waals surface area contributed by atoms with Gasteiger partial charge in [0.25, 0.3) is 0 Å². The lowest BCUT2D eigenvalue weighted by atomic mass is 10.3. The Labute approximate surface area is 120 Å². The molecule has 0 radical (unpaired) electrons. The Hall–Kier alpha value is -1.63. The van der Waals surface area contributed by atoms with Crippen molar-refractivity contribution in [2.75, 3.05) is 6.61 Å². The molecule has 0 spiro atoms. The number of hydrogen-bond acceptors (Lipinski definition) is 4. The maximum absolute atomic E-state index is 12.0. The Morgan fingerprint density at radius 2 is 2.20 bits per heavy atom. The van der Waals surface area contributed by atoms with Gasteiger partial charge in [0, 0.05) is 28.8 Å². The minimum atomic E-state index is -1.44. The molecule has 1 heterocycles. The van der Waals surface area contributed by atoms with Crippen LogP contribution in [0.15, 0.2) is 17.1 Å². The van der Waals surface area contributed by atoms with Crippen LogP contribution in [0.5, 0.6) is 5.75 Å². The minimum absolute atomic E-state index is 0.0880. The molecule has 0 aliphatic carbocycles. The van der Waals surface area contributed by atoms with E-state index in [2.05, 4.69) is 4.98 Å². The van der Waals surface area contributed by atoms with E-state index < -0.39 is 22.0 Å². The summed E-state index contributed by atoms with van der Waals surface area (Å²) in [5.41, 5.74) is 5.42. The number of pyridine rings is 1. The molecular formula is C13H20N2O4S. The molecule has 0 aliphatic heterocycles. The van der Waals surface area contributed by atoms with E-state index in [1.165, 1.54) is 12.3 Å². The Morgan fingerprint density at radius 3 is 2.70 bits per heavy atom. The molecule has 0 fully saturated rings. The molecule has 0 aliphatic rings. The van der Waals surface area contributed by atoms with Gasteiger partial charge in [0.2, 0.25) is 11.3 Å². The fraction of sp³-hybridized carbons (Fsp3) is 0.538. The summed E-state index contributed by atoms with van der Waals surface area (Å²) in [7, 11) is -1.44. The zero-order valence-electron chi connectivity index (χ0n) is 11.7. The number of hydrogen-bond donors (Lipinski definition) is 2. The fourth-order valence-corrected chi connectivity index (χ4v) is 2.98. The van der Waals surface area contributed by atoms with Gasteiger partial charge in [-0.25, -0.2) is 0 Å². The van der Waals surface area contributed by atoms with Gasteiger partial charge in [-0.3, -0.25) is 13.8 Å². The van der Waals surface area contributed by atoms with E-state index in [0.29, 0.717) is 18.7 Å². The van der Waals surface area contributed by atoms with Gasteiger partial charge in [0.15, 0.2) is 5.75 Å². The number of H-pyrrole nitrogens is 1. The first-order valence-corrected chi connectivity index (χ1v) is 7.88. The van der Waals surface area contributed by atoms with Crippen LogP contribution in [0.25, 0.3) is 0 Å². The molecule has 1 rings (SSSR count). The molecule has 112 valence electrons. The summed E-state index contributed by atoms with van der Waals surface area (Å²) < 4.78 is 17.3. The Morgan fingerprint density at radius 1 is 1.50 bits per heavy atom.